The lowest BCUT2D eigenvalue weighted by molar-refractivity contribution is -0.152. The lowest BCUT2D eigenvalue weighted by atomic mass is 9.97. The largest absolute Gasteiger partial charge is 0.469 e. The average molecular weight is 386 g/mol. The van der Waals surface area contributed by atoms with E-state index in [4.69, 9.17) is 21.1 Å². The standard InChI is InChI=1S/C17H20ClNO5S/c1-23-17(22)12-6-8-19(9-7-12)15(20)10-24-16(21)11-25-14-4-2-13(18)3-5-14/h2-5,12H,6-11H2,1H3. The first kappa shape index (κ1) is 19.6. The number of carbonyl (C=O) groups is 3. The molecule has 0 radical (unpaired) electrons. The van der Waals surface area contributed by atoms with Crippen LogP contribution < -0.4 is 0 Å². The number of piperidine rings is 1. The van der Waals surface area contributed by atoms with Crippen LogP contribution in [-0.2, 0) is 23.9 Å². The Labute approximate surface area is 155 Å². The number of benzene rings is 1. The van der Waals surface area contributed by atoms with Gasteiger partial charge < -0.3 is 14.4 Å². The fourth-order valence-electron chi connectivity index (χ4n) is 2.48. The van der Waals surface area contributed by atoms with Gasteiger partial charge >= 0.3 is 11.9 Å². The summed E-state index contributed by atoms with van der Waals surface area (Å²) in [5, 5.41) is 0.633. The van der Waals surface area contributed by atoms with Gasteiger partial charge in [0.15, 0.2) is 6.61 Å². The topological polar surface area (TPSA) is 72.9 Å². The van der Waals surface area contributed by atoms with Crippen molar-refractivity contribution < 1.29 is 23.9 Å². The highest BCUT2D eigenvalue weighted by atomic mass is 35.5. The molecule has 2 rings (SSSR count). The van der Waals surface area contributed by atoms with Crippen molar-refractivity contribution in [1.82, 2.24) is 4.90 Å². The zero-order valence-corrected chi connectivity index (χ0v) is 15.5. The number of esters is 2. The van der Waals surface area contributed by atoms with Crippen molar-refractivity contribution in [3.8, 4) is 0 Å². The molecule has 6 nitrogen and oxygen atoms in total. The van der Waals surface area contributed by atoms with E-state index < -0.39 is 5.97 Å². The highest BCUT2D eigenvalue weighted by molar-refractivity contribution is 8.00. The van der Waals surface area contributed by atoms with E-state index in [1.54, 1.807) is 17.0 Å². The fourth-order valence-corrected chi connectivity index (χ4v) is 3.30. The minimum absolute atomic E-state index is 0.124. The molecule has 0 unspecified atom stereocenters. The second-order valence-electron chi connectivity index (χ2n) is 5.58. The molecule has 0 bridgehead atoms. The molecule has 1 amide bonds. The highest BCUT2D eigenvalue weighted by Crippen LogP contribution is 2.21. The minimum Gasteiger partial charge on any atom is -0.469 e. The third kappa shape index (κ3) is 6.25. The van der Waals surface area contributed by atoms with Gasteiger partial charge in [-0.25, -0.2) is 0 Å². The molecule has 1 aromatic carbocycles. The van der Waals surface area contributed by atoms with Crippen molar-refractivity contribution in [2.75, 3.05) is 32.6 Å². The van der Waals surface area contributed by atoms with Crippen LogP contribution >= 0.6 is 23.4 Å². The van der Waals surface area contributed by atoms with Gasteiger partial charge in [0.1, 0.15) is 0 Å². The molecule has 0 aliphatic carbocycles. The van der Waals surface area contributed by atoms with Crippen LogP contribution in [0.25, 0.3) is 0 Å². The van der Waals surface area contributed by atoms with Gasteiger partial charge in [0.25, 0.3) is 5.91 Å². The summed E-state index contributed by atoms with van der Waals surface area (Å²) in [6, 6.07) is 7.13. The Hall–Kier alpha value is -1.73. The molecule has 1 aromatic rings. The maximum absolute atomic E-state index is 12.1. The Bertz CT molecular complexity index is 614. The molecular formula is C17H20ClNO5S. The number of ether oxygens (including phenoxy) is 2. The molecule has 0 N–H and O–H groups in total. The summed E-state index contributed by atoms with van der Waals surface area (Å²) in [7, 11) is 1.36. The number of hydrogen-bond acceptors (Lipinski definition) is 6. The zero-order valence-electron chi connectivity index (χ0n) is 13.9. The number of rotatable bonds is 6. The SMILES string of the molecule is COC(=O)C1CCN(C(=O)COC(=O)CSc2ccc(Cl)cc2)CC1. The predicted octanol–water partition coefficient (Wildman–Crippen LogP) is 2.39. The van der Waals surface area contributed by atoms with Gasteiger partial charge in [-0.2, -0.15) is 0 Å². The first-order valence-corrected chi connectivity index (χ1v) is 9.25. The van der Waals surface area contributed by atoms with Gasteiger partial charge in [0, 0.05) is 23.0 Å². The molecule has 25 heavy (non-hydrogen) atoms. The number of likely N-dealkylation sites (tertiary alicyclic amines) is 1. The first-order valence-electron chi connectivity index (χ1n) is 7.89. The number of hydrogen-bond donors (Lipinski definition) is 0. The van der Waals surface area contributed by atoms with Crippen LogP contribution in [0.5, 0.6) is 0 Å². The second kappa shape index (κ2) is 9.68. The van der Waals surface area contributed by atoms with Crippen molar-refractivity contribution in [1.29, 1.82) is 0 Å². The van der Waals surface area contributed by atoms with Crippen LogP contribution in [0.3, 0.4) is 0 Å². The maximum atomic E-state index is 12.1. The molecule has 1 aliphatic rings. The van der Waals surface area contributed by atoms with E-state index in [2.05, 4.69) is 0 Å². The third-order valence-electron chi connectivity index (χ3n) is 3.91. The first-order chi connectivity index (χ1) is 12.0. The smallest absolute Gasteiger partial charge is 0.316 e. The van der Waals surface area contributed by atoms with E-state index in [9.17, 15) is 14.4 Å². The Morgan fingerprint density at radius 1 is 1.20 bits per heavy atom. The van der Waals surface area contributed by atoms with E-state index in [0.29, 0.717) is 31.0 Å². The van der Waals surface area contributed by atoms with E-state index in [0.717, 1.165) is 4.90 Å². The normalized spacial score (nSPS) is 14.9. The average Bonchev–Trinajstić information content (AvgIpc) is 2.65. The molecule has 1 saturated heterocycles. The summed E-state index contributed by atoms with van der Waals surface area (Å²) in [6.45, 7) is 0.661. The summed E-state index contributed by atoms with van der Waals surface area (Å²) in [5.41, 5.74) is 0. The van der Waals surface area contributed by atoms with Crippen LogP contribution in [0.1, 0.15) is 12.8 Å². The summed E-state index contributed by atoms with van der Waals surface area (Å²) >= 11 is 7.12. The molecule has 8 heteroatoms. The number of methoxy groups -OCH3 is 1. The van der Waals surface area contributed by atoms with Crippen molar-refractivity contribution in [2.45, 2.75) is 17.7 Å². The van der Waals surface area contributed by atoms with Crippen LogP contribution in [0.15, 0.2) is 29.2 Å². The lowest BCUT2D eigenvalue weighted by Gasteiger charge is -2.30. The molecule has 0 aromatic heterocycles. The Kier molecular flexibility index (Phi) is 7.58. The number of amides is 1. The molecule has 0 spiro atoms. The maximum Gasteiger partial charge on any atom is 0.316 e. The van der Waals surface area contributed by atoms with Crippen LogP contribution in [0.2, 0.25) is 5.02 Å². The number of halogens is 1. The summed E-state index contributed by atoms with van der Waals surface area (Å²) < 4.78 is 9.74. The third-order valence-corrected chi connectivity index (χ3v) is 5.15. The van der Waals surface area contributed by atoms with Gasteiger partial charge in [0.2, 0.25) is 0 Å². The Morgan fingerprint density at radius 2 is 1.84 bits per heavy atom. The number of thioether (sulfide) groups is 1. The summed E-state index contributed by atoms with van der Waals surface area (Å²) in [6.07, 6.45) is 1.14. The summed E-state index contributed by atoms with van der Waals surface area (Å²) in [4.78, 5) is 37.8. The second-order valence-corrected chi connectivity index (χ2v) is 7.07. The molecular weight excluding hydrogens is 366 g/mol. The van der Waals surface area contributed by atoms with E-state index in [1.165, 1.54) is 18.9 Å². The van der Waals surface area contributed by atoms with Crippen LogP contribution in [0, 0.1) is 5.92 Å². The van der Waals surface area contributed by atoms with Gasteiger partial charge in [-0.15, -0.1) is 11.8 Å². The monoisotopic (exact) mass is 385 g/mol. The number of nitrogens with zero attached hydrogens (tertiary/aromatic N) is 1. The molecule has 1 aliphatic heterocycles. The van der Waals surface area contributed by atoms with Crippen molar-refractivity contribution in [3.05, 3.63) is 29.3 Å². The highest BCUT2D eigenvalue weighted by Gasteiger charge is 2.28. The van der Waals surface area contributed by atoms with Gasteiger partial charge in [-0.05, 0) is 37.1 Å². The van der Waals surface area contributed by atoms with Gasteiger partial charge in [-0.3, -0.25) is 14.4 Å². The quantitative estimate of drug-likeness (QED) is 0.553. The van der Waals surface area contributed by atoms with Crippen LogP contribution in [-0.4, -0.2) is 55.3 Å². The van der Waals surface area contributed by atoms with Gasteiger partial charge in [0.05, 0.1) is 18.8 Å². The lowest BCUT2D eigenvalue weighted by Crippen LogP contribution is -2.42. The van der Waals surface area contributed by atoms with E-state index in [1.807, 2.05) is 12.1 Å². The fraction of sp³-hybridized carbons (Fsp3) is 0.471. The van der Waals surface area contributed by atoms with Crippen molar-refractivity contribution >= 4 is 41.2 Å². The molecule has 0 saturated carbocycles. The van der Waals surface area contributed by atoms with Crippen molar-refractivity contribution in [3.63, 3.8) is 0 Å². The van der Waals surface area contributed by atoms with E-state index in [-0.39, 0.29) is 30.2 Å². The number of carbonyl (C=O) groups excluding carboxylic acids is 3. The van der Waals surface area contributed by atoms with E-state index >= 15 is 0 Å². The Balaban J connectivity index is 1.67. The summed E-state index contributed by atoms with van der Waals surface area (Å²) in [5.74, 6) is -0.963. The predicted molar refractivity (Wildman–Crippen MR) is 94.5 cm³/mol. The zero-order chi connectivity index (χ0) is 18.2. The molecule has 1 fully saturated rings. The minimum atomic E-state index is -0.447. The van der Waals surface area contributed by atoms with Gasteiger partial charge in [-0.1, -0.05) is 11.6 Å². The molecule has 136 valence electrons. The Morgan fingerprint density at radius 3 is 2.44 bits per heavy atom. The molecule has 1 heterocycles. The van der Waals surface area contributed by atoms with Crippen LogP contribution in [0.4, 0.5) is 0 Å². The molecule has 0 atom stereocenters. The van der Waals surface area contributed by atoms with Crippen molar-refractivity contribution in [2.24, 2.45) is 5.92 Å².